The standard InChI is InChI=1S/C22H35N3O2/c1-4-24(5-2)17-14-23-21(26)11-8-19-12-15-25(16-13-19)22(27)20-9-6-18(3)7-10-20/h6-7,9-10,19H,4-5,8,11-17H2,1-3H3,(H,23,26). The number of benzene rings is 1. The summed E-state index contributed by atoms with van der Waals surface area (Å²) in [6, 6.07) is 7.79. The summed E-state index contributed by atoms with van der Waals surface area (Å²) >= 11 is 0. The minimum atomic E-state index is 0.127. The number of carbonyl (C=O) groups is 2. The lowest BCUT2D eigenvalue weighted by Crippen LogP contribution is -2.39. The van der Waals surface area contributed by atoms with E-state index in [0.717, 1.165) is 64.1 Å². The zero-order chi connectivity index (χ0) is 19.6. The van der Waals surface area contributed by atoms with E-state index < -0.39 is 0 Å². The Morgan fingerprint density at radius 2 is 1.74 bits per heavy atom. The fourth-order valence-corrected chi connectivity index (χ4v) is 3.62. The van der Waals surface area contributed by atoms with Crippen LogP contribution in [0, 0.1) is 12.8 Å². The molecule has 0 unspecified atom stereocenters. The van der Waals surface area contributed by atoms with Gasteiger partial charge in [-0.05, 0) is 57.3 Å². The Balaban J connectivity index is 1.65. The van der Waals surface area contributed by atoms with E-state index in [0.29, 0.717) is 12.3 Å². The van der Waals surface area contributed by atoms with E-state index in [1.807, 2.05) is 36.1 Å². The number of likely N-dealkylation sites (N-methyl/N-ethyl adjacent to an activating group) is 1. The second-order valence-electron chi connectivity index (χ2n) is 7.52. The first kappa shape index (κ1) is 21.4. The van der Waals surface area contributed by atoms with Crippen LogP contribution in [0.3, 0.4) is 0 Å². The fraction of sp³-hybridized carbons (Fsp3) is 0.636. The molecule has 0 aromatic heterocycles. The largest absolute Gasteiger partial charge is 0.355 e. The van der Waals surface area contributed by atoms with Gasteiger partial charge in [-0.25, -0.2) is 0 Å². The summed E-state index contributed by atoms with van der Waals surface area (Å²) in [6.45, 7) is 11.6. The molecular weight excluding hydrogens is 338 g/mol. The molecule has 1 aliphatic heterocycles. The van der Waals surface area contributed by atoms with Crippen LogP contribution in [-0.4, -0.2) is 60.9 Å². The Bertz CT molecular complexity index is 588. The van der Waals surface area contributed by atoms with Gasteiger partial charge in [0.2, 0.25) is 5.91 Å². The van der Waals surface area contributed by atoms with Gasteiger partial charge in [0.05, 0.1) is 0 Å². The van der Waals surface area contributed by atoms with Crippen LogP contribution in [0.15, 0.2) is 24.3 Å². The van der Waals surface area contributed by atoms with Gasteiger partial charge in [-0.3, -0.25) is 9.59 Å². The van der Waals surface area contributed by atoms with Crippen LogP contribution in [-0.2, 0) is 4.79 Å². The van der Waals surface area contributed by atoms with Crippen molar-refractivity contribution in [2.24, 2.45) is 5.92 Å². The van der Waals surface area contributed by atoms with Crippen molar-refractivity contribution < 1.29 is 9.59 Å². The molecule has 0 bridgehead atoms. The predicted octanol–water partition coefficient (Wildman–Crippen LogP) is 3.09. The maximum absolute atomic E-state index is 12.6. The second-order valence-corrected chi connectivity index (χ2v) is 7.52. The zero-order valence-electron chi connectivity index (χ0n) is 17.2. The van der Waals surface area contributed by atoms with Gasteiger partial charge in [-0.2, -0.15) is 0 Å². The molecule has 0 atom stereocenters. The third-order valence-corrected chi connectivity index (χ3v) is 5.62. The highest BCUT2D eigenvalue weighted by atomic mass is 16.2. The average Bonchev–Trinajstić information content (AvgIpc) is 2.70. The van der Waals surface area contributed by atoms with Gasteiger partial charge in [0.25, 0.3) is 5.91 Å². The number of nitrogens with zero attached hydrogens (tertiary/aromatic N) is 2. The summed E-state index contributed by atoms with van der Waals surface area (Å²) in [6.07, 6.45) is 3.49. The minimum Gasteiger partial charge on any atom is -0.355 e. The summed E-state index contributed by atoms with van der Waals surface area (Å²) in [5, 5.41) is 3.03. The Morgan fingerprint density at radius 1 is 1.11 bits per heavy atom. The number of hydrogen-bond acceptors (Lipinski definition) is 3. The number of hydrogen-bond donors (Lipinski definition) is 1. The van der Waals surface area contributed by atoms with Crippen molar-refractivity contribution in [3.63, 3.8) is 0 Å². The lowest BCUT2D eigenvalue weighted by atomic mass is 9.91. The molecular formula is C22H35N3O2. The maximum atomic E-state index is 12.6. The van der Waals surface area contributed by atoms with Gasteiger partial charge in [0, 0.05) is 38.2 Å². The Morgan fingerprint density at radius 3 is 2.33 bits per heavy atom. The Kier molecular flexibility index (Phi) is 8.79. The Labute approximate surface area is 164 Å². The lowest BCUT2D eigenvalue weighted by Gasteiger charge is -2.32. The van der Waals surface area contributed by atoms with Crippen molar-refractivity contribution in [3.05, 3.63) is 35.4 Å². The number of piperidine rings is 1. The highest BCUT2D eigenvalue weighted by Gasteiger charge is 2.23. The van der Waals surface area contributed by atoms with E-state index in [1.54, 1.807) is 0 Å². The van der Waals surface area contributed by atoms with Crippen molar-refractivity contribution in [2.75, 3.05) is 39.3 Å². The van der Waals surface area contributed by atoms with Crippen LogP contribution < -0.4 is 5.32 Å². The summed E-state index contributed by atoms with van der Waals surface area (Å²) in [5.41, 5.74) is 1.94. The summed E-state index contributed by atoms with van der Waals surface area (Å²) in [7, 11) is 0. The van der Waals surface area contributed by atoms with Crippen molar-refractivity contribution in [3.8, 4) is 0 Å². The Hall–Kier alpha value is -1.88. The monoisotopic (exact) mass is 373 g/mol. The molecule has 1 aromatic rings. The van der Waals surface area contributed by atoms with E-state index in [2.05, 4.69) is 24.1 Å². The third-order valence-electron chi connectivity index (χ3n) is 5.62. The van der Waals surface area contributed by atoms with Gasteiger partial charge in [-0.15, -0.1) is 0 Å². The number of likely N-dealkylation sites (tertiary alicyclic amines) is 1. The molecule has 0 aliphatic carbocycles. The fourth-order valence-electron chi connectivity index (χ4n) is 3.62. The van der Waals surface area contributed by atoms with E-state index >= 15 is 0 Å². The zero-order valence-corrected chi connectivity index (χ0v) is 17.2. The second kappa shape index (κ2) is 11.1. The SMILES string of the molecule is CCN(CC)CCNC(=O)CCC1CCN(C(=O)c2ccc(C)cc2)CC1. The molecule has 0 saturated carbocycles. The molecule has 5 heteroatoms. The molecule has 0 radical (unpaired) electrons. The highest BCUT2D eigenvalue weighted by molar-refractivity contribution is 5.94. The van der Waals surface area contributed by atoms with Gasteiger partial charge in [0.1, 0.15) is 0 Å². The van der Waals surface area contributed by atoms with Crippen LogP contribution in [0.1, 0.15) is 55.5 Å². The molecule has 2 amide bonds. The van der Waals surface area contributed by atoms with Gasteiger partial charge in [-0.1, -0.05) is 31.5 Å². The average molecular weight is 374 g/mol. The molecule has 5 nitrogen and oxygen atoms in total. The minimum absolute atomic E-state index is 0.127. The maximum Gasteiger partial charge on any atom is 0.253 e. The molecule has 0 spiro atoms. The molecule has 1 aliphatic rings. The van der Waals surface area contributed by atoms with Crippen molar-refractivity contribution in [2.45, 2.75) is 46.5 Å². The van der Waals surface area contributed by atoms with Crippen LogP contribution in [0.5, 0.6) is 0 Å². The van der Waals surface area contributed by atoms with Crippen molar-refractivity contribution in [1.29, 1.82) is 0 Å². The molecule has 1 heterocycles. The highest BCUT2D eigenvalue weighted by Crippen LogP contribution is 2.23. The van der Waals surface area contributed by atoms with Crippen molar-refractivity contribution >= 4 is 11.8 Å². The number of carbonyl (C=O) groups excluding carboxylic acids is 2. The number of amides is 2. The van der Waals surface area contributed by atoms with Crippen molar-refractivity contribution in [1.82, 2.24) is 15.1 Å². The molecule has 1 saturated heterocycles. The number of nitrogens with one attached hydrogen (secondary N) is 1. The molecule has 1 fully saturated rings. The molecule has 1 aromatic carbocycles. The quantitative estimate of drug-likeness (QED) is 0.724. The van der Waals surface area contributed by atoms with E-state index in [9.17, 15) is 9.59 Å². The number of aryl methyl sites for hydroxylation is 1. The predicted molar refractivity (Wildman–Crippen MR) is 110 cm³/mol. The van der Waals surface area contributed by atoms with Crippen LogP contribution in [0.2, 0.25) is 0 Å². The first-order valence-corrected chi connectivity index (χ1v) is 10.4. The van der Waals surface area contributed by atoms with Gasteiger partial charge in [0.15, 0.2) is 0 Å². The molecule has 150 valence electrons. The molecule has 27 heavy (non-hydrogen) atoms. The van der Waals surface area contributed by atoms with Gasteiger partial charge < -0.3 is 15.1 Å². The molecule has 1 N–H and O–H groups in total. The summed E-state index contributed by atoms with van der Waals surface area (Å²) in [4.78, 5) is 28.9. The molecule has 2 rings (SSSR count). The smallest absolute Gasteiger partial charge is 0.253 e. The normalized spacial score (nSPS) is 15.2. The lowest BCUT2D eigenvalue weighted by molar-refractivity contribution is -0.121. The topological polar surface area (TPSA) is 52.7 Å². The van der Waals surface area contributed by atoms with E-state index in [4.69, 9.17) is 0 Å². The van der Waals surface area contributed by atoms with Crippen LogP contribution in [0.4, 0.5) is 0 Å². The first-order chi connectivity index (χ1) is 13.0. The van der Waals surface area contributed by atoms with E-state index in [-0.39, 0.29) is 11.8 Å². The van der Waals surface area contributed by atoms with E-state index in [1.165, 1.54) is 5.56 Å². The first-order valence-electron chi connectivity index (χ1n) is 10.4. The van der Waals surface area contributed by atoms with Crippen LogP contribution in [0.25, 0.3) is 0 Å². The number of rotatable bonds is 9. The van der Waals surface area contributed by atoms with Gasteiger partial charge >= 0.3 is 0 Å². The summed E-state index contributed by atoms with van der Waals surface area (Å²) < 4.78 is 0. The third kappa shape index (κ3) is 6.98. The summed E-state index contributed by atoms with van der Waals surface area (Å²) in [5.74, 6) is 0.823. The van der Waals surface area contributed by atoms with Crippen LogP contribution >= 0.6 is 0 Å².